The maximum atomic E-state index is 11.5. The largest absolute Gasteiger partial charge is 0.368 e. The molecule has 0 bridgehead atoms. The van der Waals surface area contributed by atoms with Gasteiger partial charge in [0.25, 0.3) is 0 Å². The Bertz CT molecular complexity index is 1230. The number of anilines is 3. The van der Waals surface area contributed by atoms with Crippen LogP contribution in [0.3, 0.4) is 0 Å². The zero-order chi connectivity index (χ0) is 20.7. The molecular formula is C22H21IN6O. The van der Waals surface area contributed by atoms with Crippen LogP contribution in [0.15, 0.2) is 48.7 Å². The van der Waals surface area contributed by atoms with Crippen LogP contribution in [0, 0.1) is 3.57 Å². The number of piperazine rings is 1. The standard InChI is InChI=1S/C22H21IN6O/c1-14(30)28-8-10-29(11-9-28)17-5-3-16(4-6-17)25-22-21-19(13-24-27-21)18-12-15(23)2-7-20(18)26-22/h2-7,12-13H,8-11H2,1H3,(H,24,27)(H,25,26). The number of hydrogen-bond acceptors (Lipinski definition) is 5. The monoisotopic (exact) mass is 512 g/mol. The molecule has 2 aromatic carbocycles. The predicted molar refractivity (Wildman–Crippen MR) is 128 cm³/mol. The second-order valence-corrected chi connectivity index (χ2v) is 8.69. The van der Waals surface area contributed by atoms with Gasteiger partial charge in [-0.25, -0.2) is 4.98 Å². The molecule has 1 fully saturated rings. The Kier molecular flexibility index (Phi) is 4.93. The van der Waals surface area contributed by atoms with Crippen molar-refractivity contribution in [3.05, 3.63) is 52.2 Å². The number of carbonyl (C=O) groups is 1. The summed E-state index contributed by atoms with van der Waals surface area (Å²) in [5.74, 6) is 0.913. The minimum Gasteiger partial charge on any atom is -0.368 e. The lowest BCUT2D eigenvalue weighted by atomic mass is 10.1. The fraction of sp³-hybridized carbons (Fsp3) is 0.227. The number of fused-ring (bicyclic) bond motifs is 3. The number of H-pyrrole nitrogens is 1. The number of rotatable bonds is 3. The Morgan fingerprint density at radius 1 is 1.07 bits per heavy atom. The average molecular weight is 512 g/mol. The number of aromatic nitrogens is 3. The molecule has 8 heteroatoms. The van der Waals surface area contributed by atoms with E-state index in [0.29, 0.717) is 0 Å². The summed E-state index contributed by atoms with van der Waals surface area (Å²) in [6.07, 6.45) is 1.85. The number of halogens is 1. The van der Waals surface area contributed by atoms with E-state index in [9.17, 15) is 4.79 Å². The summed E-state index contributed by atoms with van der Waals surface area (Å²) in [6, 6.07) is 14.6. The topological polar surface area (TPSA) is 77.2 Å². The van der Waals surface area contributed by atoms with Crippen molar-refractivity contribution in [2.24, 2.45) is 0 Å². The van der Waals surface area contributed by atoms with Crippen LogP contribution in [-0.4, -0.2) is 52.2 Å². The maximum absolute atomic E-state index is 11.5. The molecule has 3 heterocycles. The van der Waals surface area contributed by atoms with Gasteiger partial charge in [-0.1, -0.05) is 0 Å². The molecule has 30 heavy (non-hydrogen) atoms. The van der Waals surface area contributed by atoms with E-state index in [1.807, 2.05) is 17.2 Å². The summed E-state index contributed by atoms with van der Waals surface area (Å²) in [4.78, 5) is 20.5. The molecule has 1 amide bonds. The molecule has 152 valence electrons. The van der Waals surface area contributed by atoms with Crippen LogP contribution >= 0.6 is 22.6 Å². The Labute approximate surface area is 187 Å². The van der Waals surface area contributed by atoms with Crippen molar-refractivity contribution in [1.29, 1.82) is 0 Å². The second kappa shape index (κ2) is 7.75. The predicted octanol–water partition coefficient (Wildman–Crippen LogP) is 4.13. The van der Waals surface area contributed by atoms with E-state index in [4.69, 9.17) is 4.98 Å². The van der Waals surface area contributed by atoms with Crippen LogP contribution in [0.25, 0.3) is 21.8 Å². The number of hydrogen-bond donors (Lipinski definition) is 2. The molecule has 1 saturated heterocycles. The molecule has 7 nitrogen and oxygen atoms in total. The second-order valence-electron chi connectivity index (χ2n) is 7.45. The minimum atomic E-state index is 0.150. The highest BCUT2D eigenvalue weighted by molar-refractivity contribution is 14.1. The molecule has 4 aromatic rings. The first-order valence-corrected chi connectivity index (χ1v) is 11.0. The highest BCUT2D eigenvalue weighted by Gasteiger charge is 2.18. The molecule has 0 spiro atoms. The first-order chi connectivity index (χ1) is 14.6. The summed E-state index contributed by atoms with van der Waals surface area (Å²) in [5, 5.41) is 12.9. The molecule has 2 aromatic heterocycles. The SMILES string of the molecule is CC(=O)N1CCN(c2ccc(Nc3nc4ccc(I)cc4c4cn[nH]c34)cc2)CC1. The summed E-state index contributed by atoms with van der Waals surface area (Å²) in [5.41, 5.74) is 3.96. The van der Waals surface area contributed by atoms with Crippen molar-refractivity contribution >= 4 is 67.5 Å². The first kappa shape index (κ1) is 19.1. The Balaban J connectivity index is 1.38. The molecule has 5 rings (SSSR count). The van der Waals surface area contributed by atoms with Gasteiger partial charge >= 0.3 is 0 Å². The van der Waals surface area contributed by atoms with Crippen LogP contribution in [0.5, 0.6) is 0 Å². The van der Waals surface area contributed by atoms with Gasteiger partial charge in [0.05, 0.1) is 11.7 Å². The molecule has 1 aliphatic heterocycles. The zero-order valence-electron chi connectivity index (χ0n) is 16.5. The van der Waals surface area contributed by atoms with Gasteiger partial charge < -0.3 is 15.1 Å². The smallest absolute Gasteiger partial charge is 0.219 e. The number of aromatic amines is 1. The molecule has 0 radical (unpaired) electrons. The number of nitrogens with zero attached hydrogens (tertiary/aromatic N) is 4. The number of benzene rings is 2. The number of amides is 1. The van der Waals surface area contributed by atoms with E-state index in [1.54, 1.807) is 6.92 Å². The normalized spacial score (nSPS) is 14.5. The Morgan fingerprint density at radius 2 is 1.83 bits per heavy atom. The van der Waals surface area contributed by atoms with Crippen LogP contribution in [0.1, 0.15) is 6.92 Å². The van der Waals surface area contributed by atoms with Crippen LogP contribution in [0.2, 0.25) is 0 Å². The Hall–Kier alpha value is -2.88. The Morgan fingerprint density at radius 3 is 2.57 bits per heavy atom. The lowest BCUT2D eigenvalue weighted by Crippen LogP contribution is -2.48. The fourth-order valence-corrected chi connectivity index (χ4v) is 4.42. The van der Waals surface area contributed by atoms with Gasteiger partial charge in [-0.3, -0.25) is 9.89 Å². The van der Waals surface area contributed by atoms with Crippen molar-refractivity contribution in [3.63, 3.8) is 0 Å². The molecule has 0 aliphatic carbocycles. The van der Waals surface area contributed by atoms with Crippen molar-refractivity contribution < 1.29 is 4.79 Å². The van der Waals surface area contributed by atoms with Gasteiger partial charge in [0.1, 0.15) is 5.52 Å². The van der Waals surface area contributed by atoms with Crippen molar-refractivity contribution in [2.45, 2.75) is 6.92 Å². The first-order valence-electron chi connectivity index (χ1n) is 9.88. The molecule has 0 saturated carbocycles. The molecule has 2 N–H and O–H groups in total. The van der Waals surface area contributed by atoms with E-state index in [0.717, 1.165) is 65.2 Å². The third-order valence-corrected chi connectivity index (χ3v) is 6.25. The average Bonchev–Trinajstić information content (AvgIpc) is 3.26. The maximum Gasteiger partial charge on any atom is 0.219 e. The highest BCUT2D eigenvalue weighted by Crippen LogP contribution is 2.31. The van der Waals surface area contributed by atoms with Crippen LogP contribution < -0.4 is 10.2 Å². The molecule has 0 atom stereocenters. The van der Waals surface area contributed by atoms with Crippen molar-refractivity contribution in [3.8, 4) is 0 Å². The van der Waals surface area contributed by atoms with E-state index in [-0.39, 0.29) is 5.91 Å². The summed E-state index contributed by atoms with van der Waals surface area (Å²) < 4.78 is 1.17. The van der Waals surface area contributed by atoms with Gasteiger partial charge in [-0.05, 0) is 65.1 Å². The number of nitrogens with one attached hydrogen (secondary N) is 2. The zero-order valence-corrected chi connectivity index (χ0v) is 18.7. The van der Waals surface area contributed by atoms with E-state index >= 15 is 0 Å². The highest BCUT2D eigenvalue weighted by atomic mass is 127. The summed E-state index contributed by atoms with van der Waals surface area (Å²) in [7, 11) is 0. The minimum absolute atomic E-state index is 0.150. The van der Waals surface area contributed by atoms with E-state index in [2.05, 4.69) is 79.4 Å². The molecular weight excluding hydrogens is 491 g/mol. The van der Waals surface area contributed by atoms with Gasteiger partial charge in [-0.2, -0.15) is 5.10 Å². The lowest BCUT2D eigenvalue weighted by molar-refractivity contribution is -0.129. The number of carbonyl (C=O) groups excluding carboxylic acids is 1. The van der Waals surface area contributed by atoms with E-state index < -0.39 is 0 Å². The van der Waals surface area contributed by atoms with Crippen LogP contribution in [0.4, 0.5) is 17.2 Å². The summed E-state index contributed by atoms with van der Waals surface area (Å²) in [6.45, 7) is 4.88. The summed E-state index contributed by atoms with van der Waals surface area (Å²) >= 11 is 2.31. The van der Waals surface area contributed by atoms with Crippen LogP contribution in [-0.2, 0) is 4.79 Å². The van der Waals surface area contributed by atoms with E-state index in [1.165, 1.54) is 3.57 Å². The van der Waals surface area contributed by atoms with Crippen molar-refractivity contribution in [2.75, 3.05) is 36.4 Å². The molecule has 1 aliphatic rings. The third-order valence-electron chi connectivity index (χ3n) is 5.58. The van der Waals surface area contributed by atoms with Gasteiger partial charge in [0, 0.05) is 58.8 Å². The lowest BCUT2D eigenvalue weighted by Gasteiger charge is -2.35. The van der Waals surface area contributed by atoms with Gasteiger partial charge in [-0.15, -0.1) is 0 Å². The van der Waals surface area contributed by atoms with Gasteiger partial charge in [0.2, 0.25) is 5.91 Å². The quantitative estimate of drug-likeness (QED) is 0.404. The number of pyridine rings is 1. The van der Waals surface area contributed by atoms with Crippen molar-refractivity contribution in [1.82, 2.24) is 20.1 Å². The fourth-order valence-electron chi connectivity index (χ4n) is 3.93. The third kappa shape index (κ3) is 3.55. The molecule has 0 unspecified atom stereocenters. The van der Waals surface area contributed by atoms with Gasteiger partial charge in [0.15, 0.2) is 5.82 Å².